The van der Waals surface area contributed by atoms with Crippen molar-refractivity contribution in [2.75, 3.05) is 10.6 Å². The van der Waals surface area contributed by atoms with Gasteiger partial charge in [0.2, 0.25) is 5.91 Å². The minimum Gasteiger partial charge on any atom is -0.444 e. The normalized spacial score (nSPS) is 11.2. The van der Waals surface area contributed by atoms with Gasteiger partial charge in [-0.1, -0.05) is 23.8 Å². The SMILES string of the molecule is Cc1cccc(-c2n[nH]c(=S)n2CC(=O)Nc2ccc(F)c(NC(=O)OC(C)(C)C)c2)c1. The topological polar surface area (TPSA) is 101 Å². The smallest absolute Gasteiger partial charge is 0.412 e. The van der Waals surface area contributed by atoms with Gasteiger partial charge in [-0.05, 0) is 64.2 Å². The average molecular weight is 458 g/mol. The first-order valence-corrected chi connectivity index (χ1v) is 10.2. The van der Waals surface area contributed by atoms with E-state index in [9.17, 15) is 14.0 Å². The van der Waals surface area contributed by atoms with E-state index < -0.39 is 23.4 Å². The van der Waals surface area contributed by atoms with Crippen LogP contribution < -0.4 is 10.6 Å². The highest BCUT2D eigenvalue weighted by Crippen LogP contribution is 2.22. The van der Waals surface area contributed by atoms with Crippen molar-refractivity contribution in [3.8, 4) is 11.4 Å². The number of hydrogen-bond acceptors (Lipinski definition) is 5. The summed E-state index contributed by atoms with van der Waals surface area (Å²) in [5.41, 5.74) is 1.32. The molecule has 8 nitrogen and oxygen atoms in total. The Bertz CT molecular complexity index is 1210. The number of halogens is 1. The number of carbonyl (C=O) groups excluding carboxylic acids is 2. The highest BCUT2D eigenvalue weighted by Gasteiger charge is 2.18. The van der Waals surface area contributed by atoms with Crippen LogP contribution in [-0.4, -0.2) is 32.4 Å². The van der Waals surface area contributed by atoms with E-state index in [1.807, 2.05) is 31.2 Å². The third-order valence-electron chi connectivity index (χ3n) is 4.22. The number of hydrogen-bond donors (Lipinski definition) is 3. The molecule has 0 aliphatic carbocycles. The van der Waals surface area contributed by atoms with E-state index in [-0.39, 0.29) is 12.2 Å². The molecule has 0 unspecified atom stereocenters. The zero-order valence-corrected chi connectivity index (χ0v) is 19.0. The summed E-state index contributed by atoms with van der Waals surface area (Å²) in [4.78, 5) is 24.6. The molecule has 0 atom stereocenters. The maximum Gasteiger partial charge on any atom is 0.412 e. The lowest BCUT2D eigenvalue weighted by molar-refractivity contribution is -0.116. The van der Waals surface area contributed by atoms with Crippen LogP contribution in [-0.2, 0) is 16.1 Å². The summed E-state index contributed by atoms with van der Waals surface area (Å²) >= 11 is 5.27. The van der Waals surface area contributed by atoms with Crippen LogP contribution in [0.5, 0.6) is 0 Å². The number of nitrogens with zero attached hydrogens (tertiary/aromatic N) is 2. The van der Waals surface area contributed by atoms with Gasteiger partial charge < -0.3 is 10.1 Å². The molecule has 0 aliphatic rings. The summed E-state index contributed by atoms with van der Waals surface area (Å²) in [5.74, 6) is -0.529. The Labute approximate surface area is 189 Å². The lowest BCUT2D eigenvalue weighted by Crippen LogP contribution is -2.27. The molecule has 0 aliphatic heterocycles. The van der Waals surface area contributed by atoms with Crippen molar-refractivity contribution in [1.29, 1.82) is 0 Å². The molecule has 0 radical (unpaired) electrons. The first-order chi connectivity index (χ1) is 15.0. The Morgan fingerprint density at radius 2 is 1.94 bits per heavy atom. The molecule has 3 rings (SSSR count). The van der Waals surface area contributed by atoms with Gasteiger partial charge in [0.1, 0.15) is 18.0 Å². The number of amides is 2. The van der Waals surface area contributed by atoms with Gasteiger partial charge in [0.05, 0.1) is 5.69 Å². The van der Waals surface area contributed by atoms with Crippen molar-refractivity contribution in [2.45, 2.75) is 39.8 Å². The van der Waals surface area contributed by atoms with Crippen LogP contribution in [0.25, 0.3) is 11.4 Å². The van der Waals surface area contributed by atoms with E-state index in [1.165, 1.54) is 12.1 Å². The molecule has 0 spiro atoms. The summed E-state index contributed by atoms with van der Waals surface area (Å²) in [5, 5.41) is 12.0. The largest absolute Gasteiger partial charge is 0.444 e. The van der Waals surface area contributed by atoms with Gasteiger partial charge in [0.25, 0.3) is 0 Å². The molecular formula is C22H24FN5O3S. The van der Waals surface area contributed by atoms with Crippen molar-refractivity contribution < 1.29 is 18.7 Å². The van der Waals surface area contributed by atoms with Gasteiger partial charge in [-0.2, -0.15) is 5.10 Å². The highest BCUT2D eigenvalue weighted by atomic mass is 32.1. The highest BCUT2D eigenvalue weighted by molar-refractivity contribution is 7.71. The van der Waals surface area contributed by atoms with Crippen molar-refractivity contribution >= 4 is 35.6 Å². The van der Waals surface area contributed by atoms with Crippen LogP contribution in [0.3, 0.4) is 0 Å². The van der Waals surface area contributed by atoms with Gasteiger partial charge >= 0.3 is 6.09 Å². The quantitative estimate of drug-likeness (QED) is 0.466. The van der Waals surface area contributed by atoms with Crippen molar-refractivity contribution in [3.05, 3.63) is 58.6 Å². The van der Waals surface area contributed by atoms with E-state index in [1.54, 1.807) is 25.3 Å². The third kappa shape index (κ3) is 6.01. The van der Waals surface area contributed by atoms with E-state index in [0.29, 0.717) is 16.3 Å². The fraction of sp³-hybridized carbons (Fsp3) is 0.273. The minimum absolute atomic E-state index is 0.106. The average Bonchev–Trinajstić information content (AvgIpc) is 3.03. The predicted molar refractivity (Wildman–Crippen MR) is 122 cm³/mol. The number of rotatable bonds is 5. The van der Waals surface area contributed by atoms with E-state index in [4.69, 9.17) is 17.0 Å². The van der Waals surface area contributed by atoms with Crippen molar-refractivity contribution in [3.63, 3.8) is 0 Å². The number of nitrogens with one attached hydrogen (secondary N) is 3. The molecule has 0 saturated carbocycles. The summed E-state index contributed by atoms with van der Waals surface area (Å²) < 4.78 is 21.1. The fourth-order valence-corrected chi connectivity index (χ4v) is 3.12. The van der Waals surface area contributed by atoms with Gasteiger partial charge in [-0.15, -0.1) is 0 Å². The molecule has 2 amide bonds. The summed E-state index contributed by atoms with van der Waals surface area (Å²) in [6.45, 7) is 6.95. The predicted octanol–water partition coefficient (Wildman–Crippen LogP) is 5.04. The summed E-state index contributed by atoms with van der Waals surface area (Å²) in [6.07, 6.45) is -0.799. The van der Waals surface area contributed by atoms with Crippen LogP contribution >= 0.6 is 12.2 Å². The molecule has 2 aromatic carbocycles. The van der Waals surface area contributed by atoms with E-state index in [2.05, 4.69) is 20.8 Å². The lowest BCUT2D eigenvalue weighted by Gasteiger charge is -2.20. The summed E-state index contributed by atoms with van der Waals surface area (Å²) in [7, 11) is 0. The van der Waals surface area contributed by atoms with Gasteiger partial charge in [0, 0.05) is 11.3 Å². The minimum atomic E-state index is -0.799. The Balaban J connectivity index is 1.74. The van der Waals surface area contributed by atoms with Crippen molar-refractivity contribution in [1.82, 2.24) is 14.8 Å². The summed E-state index contributed by atoms with van der Waals surface area (Å²) in [6, 6.07) is 11.5. The number of H-pyrrole nitrogens is 1. The number of aryl methyl sites for hydroxylation is 1. The lowest BCUT2D eigenvalue weighted by atomic mass is 10.1. The van der Waals surface area contributed by atoms with Crippen molar-refractivity contribution in [2.24, 2.45) is 0 Å². The molecule has 10 heteroatoms. The Morgan fingerprint density at radius 1 is 1.19 bits per heavy atom. The van der Waals surface area contributed by atoms with Crippen LogP contribution in [0.2, 0.25) is 0 Å². The Kier molecular flexibility index (Phi) is 6.73. The monoisotopic (exact) mass is 457 g/mol. The van der Waals surface area contributed by atoms with Crippen LogP contribution in [0.1, 0.15) is 26.3 Å². The molecule has 1 aromatic heterocycles. The number of ether oxygens (including phenoxy) is 1. The molecular weight excluding hydrogens is 433 g/mol. The Morgan fingerprint density at radius 3 is 2.62 bits per heavy atom. The Hall–Kier alpha value is -3.53. The second-order valence-electron chi connectivity index (χ2n) is 8.18. The first-order valence-electron chi connectivity index (χ1n) is 9.83. The third-order valence-corrected chi connectivity index (χ3v) is 4.53. The first kappa shape index (κ1) is 23.1. The molecule has 3 aromatic rings. The van der Waals surface area contributed by atoms with E-state index >= 15 is 0 Å². The molecule has 32 heavy (non-hydrogen) atoms. The maximum atomic E-state index is 14.1. The van der Waals surface area contributed by atoms with Gasteiger partial charge in [-0.3, -0.25) is 19.8 Å². The second kappa shape index (κ2) is 9.31. The van der Waals surface area contributed by atoms with Gasteiger partial charge in [0.15, 0.2) is 10.6 Å². The van der Waals surface area contributed by atoms with Gasteiger partial charge in [-0.25, -0.2) is 9.18 Å². The molecule has 0 fully saturated rings. The standard InChI is InChI=1S/C22H24FN5O3S/c1-13-6-5-7-14(10-13)19-26-27-20(32)28(19)12-18(29)24-15-8-9-16(23)17(11-15)25-21(30)31-22(2,3)4/h5-11H,12H2,1-4H3,(H,24,29)(H,25,30)(H,27,32). The number of benzene rings is 2. The second-order valence-corrected chi connectivity index (χ2v) is 8.56. The molecule has 1 heterocycles. The zero-order valence-electron chi connectivity index (χ0n) is 18.2. The molecule has 0 saturated heterocycles. The fourth-order valence-electron chi connectivity index (χ4n) is 2.93. The number of aromatic amines is 1. The van der Waals surface area contributed by atoms with Crippen LogP contribution in [0.15, 0.2) is 42.5 Å². The number of carbonyl (C=O) groups is 2. The van der Waals surface area contributed by atoms with Crippen LogP contribution in [0.4, 0.5) is 20.6 Å². The van der Waals surface area contributed by atoms with Crippen LogP contribution in [0, 0.1) is 17.5 Å². The number of aromatic nitrogens is 3. The molecule has 0 bridgehead atoms. The van der Waals surface area contributed by atoms with E-state index in [0.717, 1.165) is 17.2 Å². The maximum absolute atomic E-state index is 14.1. The molecule has 3 N–H and O–H groups in total. The molecule has 168 valence electrons. The number of anilines is 2. The zero-order chi connectivity index (χ0) is 23.5.